The average molecular weight is 283 g/mol. The van der Waals surface area contributed by atoms with Crippen LogP contribution in [-0.4, -0.2) is 6.09 Å². The minimum Gasteiger partial charge on any atom is -0.439 e. The quantitative estimate of drug-likeness (QED) is 0.842. The molecule has 21 heavy (non-hydrogen) atoms. The molecule has 2 N–H and O–H groups in total. The van der Waals surface area contributed by atoms with Gasteiger partial charge in [-0.25, -0.2) is 4.79 Å². The number of rotatable bonds is 4. The summed E-state index contributed by atoms with van der Waals surface area (Å²) in [5, 5.41) is 8.43. The second kappa shape index (κ2) is 6.17. The SMILES string of the molecule is CC(C)(OC(N)=O)c1ccccc1N=Nc1ccccc1. The highest BCUT2D eigenvalue weighted by molar-refractivity contribution is 5.66. The van der Waals surface area contributed by atoms with Crippen molar-refractivity contribution < 1.29 is 9.53 Å². The van der Waals surface area contributed by atoms with Crippen molar-refractivity contribution in [2.24, 2.45) is 16.0 Å². The molecule has 0 atom stereocenters. The van der Waals surface area contributed by atoms with Crippen LogP contribution in [0, 0.1) is 0 Å². The summed E-state index contributed by atoms with van der Waals surface area (Å²) < 4.78 is 5.15. The maximum absolute atomic E-state index is 11.0. The Morgan fingerprint density at radius 1 is 1.00 bits per heavy atom. The zero-order valence-corrected chi connectivity index (χ0v) is 12.0. The first-order valence-corrected chi connectivity index (χ1v) is 6.54. The van der Waals surface area contributed by atoms with Gasteiger partial charge in [0.2, 0.25) is 0 Å². The van der Waals surface area contributed by atoms with Crippen molar-refractivity contribution in [2.75, 3.05) is 0 Å². The van der Waals surface area contributed by atoms with Crippen LogP contribution in [0.3, 0.4) is 0 Å². The van der Waals surface area contributed by atoms with Crippen LogP contribution in [0.15, 0.2) is 64.8 Å². The van der Waals surface area contributed by atoms with Gasteiger partial charge >= 0.3 is 6.09 Å². The van der Waals surface area contributed by atoms with Crippen molar-refractivity contribution in [3.63, 3.8) is 0 Å². The fourth-order valence-corrected chi connectivity index (χ4v) is 1.98. The Balaban J connectivity index is 2.33. The van der Waals surface area contributed by atoms with Gasteiger partial charge in [-0.15, -0.1) is 0 Å². The molecule has 0 spiro atoms. The first-order chi connectivity index (χ1) is 9.99. The highest BCUT2D eigenvalue weighted by Gasteiger charge is 2.27. The molecule has 0 unspecified atom stereocenters. The molecule has 0 saturated carbocycles. The largest absolute Gasteiger partial charge is 0.439 e. The van der Waals surface area contributed by atoms with Crippen molar-refractivity contribution in [1.29, 1.82) is 0 Å². The van der Waals surface area contributed by atoms with E-state index in [1.54, 1.807) is 13.8 Å². The molecule has 0 aliphatic rings. The first-order valence-electron chi connectivity index (χ1n) is 6.54. The van der Waals surface area contributed by atoms with Crippen LogP contribution in [0.1, 0.15) is 19.4 Å². The van der Waals surface area contributed by atoms with Crippen LogP contribution in [0.2, 0.25) is 0 Å². The summed E-state index contributed by atoms with van der Waals surface area (Å²) in [7, 11) is 0. The molecule has 0 bridgehead atoms. The summed E-state index contributed by atoms with van der Waals surface area (Å²) in [6.07, 6.45) is -0.824. The minimum absolute atomic E-state index is 0.632. The minimum atomic E-state index is -0.877. The lowest BCUT2D eigenvalue weighted by Gasteiger charge is -2.25. The standard InChI is InChI=1S/C16H17N3O2/c1-16(2,21-15(17)20)13-10-6-7-11-14(13)19-18-12-8-4-3-5-9-12/h3-11H,1-2H3,(H2,17,20). The third kappa shape index (κ3) is 3.89. The highest BCUT2D eigenvalue weighted by Crippen LogP contribution is 2.33. The fraction of sp³-hybridized carbons (Fsp3) is 0.188. The monoisotopic (exact) mass is 283 g/mol. The number of primary amides is 1. The summed E-state index contributed by atoms with van der Waals surface area (Å²) in [4.78, 5) is 11.0. The zero-order chi connectivity index (χ0) is 15.3. The summed E-state index contributed by atoms with van der Waals surface area (Å²) >= 11 is 0. The summed E-state index contributed by atoms with van der Waals surface area (Å²) in [5.74, 6) is 0. The Bertz CT molecular complexity index is 652. The number of ether oxygens (including phenoxy) is 1. The molecule has 2 rings (SSSR count). The number of amides is 1. The van der Waals surface area contributed by atoms with Gasteiger partial charge in [-0.3, -0.25) is 0 Å². The normalized spacial score (nSPS) is 11.5. The van der Waals surface area contributed by atoms with Gasteiger partial charge in [0.15, 0.2) is 0 Å². The highest BCUT2D eigenvalue weighted by atomic mass is 16.6. The molecule has 0 fully saturated rings. The zero-order valence-electron chi connectivity index (χ0n) is 12.0. The van der Waals surface area contributed by atoms with Gasteiger partial charge in [0.05, 0.1) is 11.4 Å². The van der Waals surface area contributed by atoms with Gasteiger partial charge in [0, 0.05) is 5.56 Å². The maximum atomic E-state index is 11.0. The fourth-order valence-electron chi connectivity index (χ4n) is 1.98. The van der Waals surface area contributed by atoms with E-state index in [1.807, 2.05) is 54.6 Å². The van der Waals surface area contributed by atoms with Gasteiger partial charge in [-0.05, 0) is 32.0 Å². The molecule has 0 aliphatic carbocycles. The summed E-state index contributed by atoms with van der Waals surface area (Å²) in [5.41, 5.74) is 6.36. The van der Waals surface area contributed by atoms with E-state index in [0.29, 0.717) is 5.69 Å². The smallest absolute Gasteiger partial charge is 0.405 e. The number of hydrogen-bond acceptors (Lipinski definition) is 4. The van der Waals surface area contributed by atoms with Crippen molar-refractivity contribution in [1.82, 2.24) is 0 Å². The van der Waals surface area contributed by atoms with Crippen LogP contribution in [0.5, 0.6) is 0 Å². The van der Waals surface area contributed by atoms with Crippen LogP contribution in [0.4, 0.5) is 16.2 Å². The van der Waals surface area contributed by atoms with Crippen LogP contribution < -0.4 is 5.73 Å². The van der Waals surface area contributed by atoms with E-state index in [0.717, 1.165) is 11.3 Å². The molecule has 0 aromatic heterocycles. The Morgan fingerprint density at radius 3 is 2.29 bits per heavy atom. The molecule has 1 amide bonds. The van der Waals surface area contributed by atoms with Crippen molar-refractivity contribution in [3.8, 4) is 0 Å². The molecule has 0 saturated heterocycles. The number of nitrogens with two attached hydrogens (primary N) is 1. The van der Waals surface area contributed by atoms with Crippen LogP contribution >= 0.6 is 0 Å². The topological polar surface area (TPSA) is 77.0 Å². The third-order valence-corrected chi connectivity index (χ3v) is 2.94. The number of hydrogen-bond donors (Lipinski definition) is 1. The van der Waals surface area contributed by atoms with E-state index in [-0.39, 0.29) is 0 Å². The lowest BCUT2D eigenvalue weighted by molar-refractivity contribution is 0.0437. The Labute approximate surface area is 123 Å². The predicted octanol–water partition coefficient (Wildman–Crippen LogP) is 4.43. The van der Waals surface area contributed by atoms with E-state index < -0.39 is 11.7 Å². The van der Waals surface area contributed by atoms with Gasteiger partial charge in [-0.2, -0.15) is 10.2 Å². The average Bonchev–Trinajstić information content (AvgIpc) is 2.45. The van der Waals surface area contributed by atoms with E-state index >= 15 is 0 Å². The molecule has 5 nitrogen and oxygen atoms in total. The molecule has 0 heterocycles. The lowest BCUT2D eigenvalue weighted by Crippen LogP contribution is -2.28. The lowest BCUT2D eigenvalue weighted by atomic mass is 9.96. The summed E-state index contributed by atoms with van der Waals surface area (Å²) in [6, 6.07) is 16.8. The third-order valence-electron chi connectivity index (χ3n) is 2.94. The van der Waals surface area contributed by atoms with Crippen molar-refractivity contribution >= 4 is 17.5 Å². The Morgan fingerprint density at radius 2 is 1.62 bits per heavy atom. The van der Waals surface area contributed by atoms with Crippen LogP contribution in [-0.2, 0) is 10.3 Å². The molecule has 108 valence electrons. The molecule has 2 aromatic carbocycles. The van der Waals surface area contributed by atoms with Crippen molar-refractivity contribution in [3.05, 3.63) is 60.2 Å². The van der Waals surface area contributed by atoms with Gasteiger partial charge in [-0.1, -0.05) is 36.4 Å². The second-order valence-corrected chi connectivity index (χ2v) is 4.98. The van der Waals surface area contributed by atoms with Crippen LogP contribution in [0.25, 0.3) is 0 Å². The number of carbonyl (C=O) groups excluding carboxylic acids is 1. The van der Waals surface area contributed by atoms with Gasteiger partial charge in [0.25, 0.3) is 0 Å². The Kier molecular flexibility index (Phi) is 4.33. The molecule has 0 aliphatic heterocycles. The second-order valence-electron chi connectivity index (χ2n) is 4.98. The Hall–Kier alpha value is -2.69. The van der Waals surface area contributed by atoms with E-state index in [9.17, 15) is 4.79 Å². The summed E-state index contributed by atoms with van der Waals surface area (Å²) in [6.45, 7) is 3.52. The molecular formula is C16H17N3O2. The molecule has 2 aromatic rings. The molecule has 5 heteroatoms. The van der Waals surface area contributed by atoms with E-state index in [4.69, 9.17) is 10.5 Å². The number of carbonyl (C=O) groups is 1. The van der Waals surface area contributed by atoms with Crippen molar-refractivity contribution in [2.45, 2.75) is 19.4 Å². The van der Waals surface area contributed by atoms with E-state index in [1.165, 1.54) is 0 Å². The predicted molar refractivity (Wildman–Crippen MR) is 80.8 cm³/mol. The number of azo groups is 1. The maximum Gasteiger partial charge on any atom is 0.405 e. The number of nitrogens with zero attached hydrogens (tertiary/aromatic N) is 2. The first kappa shape index (κ1) is 14.7. The van der Waals surface area contributed by atoms with Gasteiger partial charge < -0.3 is 10.5 Å². The molecular weight excluding hydrogens is 266 g/mol. The van der Waals surface area contributed by atoms with E-state index in [2.05, 4.69) is 10.2 Å². The molecule has 0 radical (unpaired) electrons. The van der Waals surface area contributed by atoms with Gasteiger partial charge in [0.1, 0.15) is 5.60 Å². The number of benzene rings is 2.